The first-order valence-electron chi connectivity index (χ1n) is 5.55. The Bertz CT molecular complexity index is 545. The van der Waals surface area contributed by atoms with Crippen molar-refractivity contribution in [2.24, 2.45) is 5.73 Å². The van der Waals surface area contributed by atoms with Gasteiger partial charge in [0.15, 0.2) is 0 Å². The third-order valence-corrected chi connectivity index (χ3v) is 2.83. The summed E-state index contributed by atoms with van der Waals surface area (Å²) in [5.41, 5.74) is 7.59. The molecule has 0 bridgehead atoms. The van der Waals surface area contributed by atoms with E-state index in [2.05, 4.69) is 0 Å². The highest BCUT2D eigenvalue weighted by molar-refractivity contribution is 6.30. The van der Waals surface area contributed by atoms with Gasteiger partial charge in [-0.2, -0.15) is 0 Å². The molecule has 0 aromatic heterocycles. The van der Waals surface area contributed by atoms with E-state index in [9.17, 15) is 4.39 Å². The number of hydrogen-bond acceptors (Lipinski definition) is 2. The molecule has 0 aliphatic rings. The molecule has 0 atom stereocenters. The van der Waals surface area contributed by atoms with E-state index in [1.807, 2.05) is 24.3 Å². The van der Waals surface area contributed by atoms with Crippen molar-refractivity contribution in [1.29, 1.82) is 0 Å². The highest BCUT2D eigenvalue weighted by atomic mass is 35.5. The van der Waals surface area contributed by atoms with Crippen LogP contribution in [0.2, 0.25) is 5.02 Å². The standard InChI is InChI=1S/C14H13ClFNO/c15-13-5-4-12(7-14(13)16)18-9-11-3-1-2-10(6-11)8-17/h1-7H,8-9,17H2. The van der Waals surface area contributed by atoms with Crippen LogP contribution >= 0.6 is 11.6 Å². The van der Waals surface area contributed by atoms with Gasteiger partial charge >= 0.3 is 0 Å². The molecule has 94 valence electrons. The lowest BCUT2D eigenvalue weighted by Crippen LogP contribution is -2.00. The molecule has 2 N–H and O–H groups in total. The monoisotopic (exact) mass is 265 g/mol. The van der Waals surface area contributed by atoms with E-state index in [1.165, 1.54) is 12.1 Å². The summed E-state index contributed by atoms with van der Waals surface area (Å²) in [6.45, 7) is 0.859. The lowest BCUT2D eigenvalue weighted by Gasteiger charge is -2.08. The molecule has 0 aliphatic carbocycles. The Labute approximate surface area is 110 Å². The third-order valence-electron chi connectivity index (χ3n) is 2.52. The summed E-state index contributed by atoms with van der Waals surface area (Å²) in [5, 5.41) is 0.0903. The summed E-state index contributed by atoms with van der Waals surface area (Å²) < 4.78 is 18.7. The Hall–Kier alpha value is -1.58. The molecule has 0 saturated carbocycles. The average molecular weight is 266 g/mol. The van der Waals surface area contributed by atoms with Crippen molar-refractivity contribution in [3.63, 3.8) is 0 Å². The van der Waals surface area contributed by atoms with Gasteiger partial charge < -0.3 is 10.5 Å². The number of ether oxygens (including phenoxy) is 1. The minimum atomic E-state index is -0.482. The minimum absolute atomic E-state index is 0.0903. The SMILES string of the molecule is NCc1cccc(COc2ccc(Cl)c(F)c2)c1. The highest BCUT2D eigenvalue weighted by Crippen LogP contribution is 2.21. The van der Waals surface area contributed by atoms with Crippen LogP contribution in [-0.4, -0.2) is 0 Å². The lowest BCUT2D eigenvalue weighted by atomic mass is 10.1. The quantitative estimate of drug-likeness (QED) is 0.918. The van der Waals surface area contributed by atoms with Crippen molar-refractivity contribution in [1.82, 2.24) is 0 Å². The second kappa shape index (κ2) is 5.85. The van der Waals surface area contributed by atoms with Crippen LogP contribution < -0.4 is 10.5 Å². The lowest BCUT2D eigenvalue weighted by molar-refractivity contribution is 0.304. The topological polar surface area (TPSA) is 35.2 Å². The normalized spacial score (nSPS) is 10.4. The van der Waals surface area contributed by atoms with E-state index in [4.69, 9.17) is 22.1 Å². The van der Waals surface area contributed by atoms with Crippen LogP contribution in [-0.2, 0) is 13.2 Å². The van der Waals surface area contributed by atoms with E-state index in [1.54, 1.807) is 6.07 Å². The molecular weight excluding hydrogens is 253 g/mol. The van der Waals surface area contributed by atoms with Gasteiger partial charge in [-0.3, -0.25) is 0 Å². The van der Waals surface area contributed by atoms with Crippen LogP contribution in [0.4, 0.5) is 4.39 Å². The Kier molecular flexibility index (Phi) is 4.18. The Morgan fingerprint density at radius 2 is 1.89 bits per heavy atom. The van der Waals surface area contributed by atoms with Crippen molar-refractivity contribution >= 4 is 11.6 Å². The van der Waals surface area contributed by atoms with Crippen LogP contribution in [0.1, 0.15) is 11.1 Å². The number of benzene rings is 2. The van der Waals surface area contributed by atoms with Crippen LogP contribution in [0.3, 0.4) is 0 Å². The molecule has 0 fully saturated rings. The van der Waals surface area contributed by atoms with Crippen molar-refractivity contribution in [3.8, 4) is 5.75 Å². The van der Waals surface area contributed by atoms with Gasteiger partial charge in [0.1, 0.15) is 18.2 Å². The summed E-state index contributed by atoms with van der Waals surface area (Å²) in [6.07, 6.45) is 0. The smallest absolute Gasteiger partial charge is 0.145 e. The summed E-state index contributed by atoms with van der Waals surface area (Å²) in [4.78, 5) is 0. The van der Waals surface area contributed by atoms with E-state index in [-0.39, 0.29) is 5.02 Å². The van der Waals surface area contributed by atoms with E-state index < -0.39 is 5.82 Å². The van der Waals surface area contributed by atoms with Crippen molar-refractivity contribution < 1.29 is 9.13 Å². The van der Waals surface area contributed by atoms with Gasteiger partial charge in [-0.1, -0.05) is 35.9 Å². The maximum Gasteiger partial charge on any atom is 0.145 e. The number of nitrogens with two attached hydrogens (primary N) is 1. The second-order valence-electron chi connectivity index (χ2n) is 3.89. The zero-order chi connectivity index (χ0) is 13.0. The first kappa shape index (κ1) is 12.9. The largest absolute Gasteiger partial charge is 0.489 e. The molecule has 2 rings (SSSR count). The summed E-state index contributed by atoms with van der Waals surface area (Å²) in [7, 11) is 0. The number of rotatable bonds is 4. The van der Waals surface area contributed by atoms with Crippen molar-refractivity contribution in [3.05, 3.63) is 64.4 Å². The molecule has 0 heterocycles. The van der Waals surface area contributed by atoms with Crippen molar-refractivity contribution in [2.75, 3.05) is 0 Å². The van der Waals surface area contributed by atoms with Gasteiger partial charge in [-0.15, -0.1) is 0 Å². The van der Waals surface area contributed by atoms with Crippen LogP contribution in [0.15, 0.2) is 42.5 Å². The second-order valence-corrected chi connectivity index (χ2v) is 4.30. The van der Waals surface area contributed by atoms with Gasteiger partial charge in [-0.25, -0.2) is 4.39 Å². The predicted molar refractivity (Wildman–Crippen MR) is 70.1 cm³/mol. The highest BCUT2D eigenvalue weighted by Gasteiger charge is 2.02. The third kappa shape index (κ3) is 3.22. The Balaban J connectivity index is 2.04. The Morgan fingerprint density at radius 1 is 1.11 bits per heavy atom. The molecule has 4 heteroatoms. The molecule has 0 aliphatic heterocycles. The maximum atomic E-state index is 13.2. The fraction of sp³-hybridized carbons (Fsp3) is 0.143. The minimum Gasteiger partial charge on any atom is -0.489 e. The summed E-state index contributed by atoms with van der Waals surface area (Å²) in [6, 6.07) is 12.2. The molecule has 0 saturated heterocycles. The fourth-order valence-electron chi connectivity index (χ4n) is 1.58. The first-order valence-corrected chi connectivity index (χ1v) is 5.92. The fourth-order valence-corrected chi connectivity index (χ4v) is 1.70. The van der Waals surface area contributed by atoms with Gasteiger partial charge in [0.25, 0.3) is 0 Å². The molecule has 0 spiro atoms. The van der Waals surface area contributed by atoms with E-state index in [0.717, 1.165) is 11.1 Å². The van der Waals surface area contributed by atoms with E-state index in [0.29, 0.717) is 18.9 Å². The molecule has 2 nitrogen and oxygen atoms in total. The molecule has 18 heavy (non-hydrogen) atoms. The zero-order valence-electron chi connectivity index (χ0n) is 9.70. The maximum absolute atomic E-state index is 13.2. The summed E-state index contributed by atoms with van der Waals surface area (Å²) in [5.74, 6) is -0.0278. The van der Waals surface area contributed by atoms with Gasteiger partial charge in [0, 0.05) is 12.6 Å². The van der Waals surface area contributed by atoms with Gasteiger partial charge in [0.05, 0.1) is 5.02 Å². The molecule has 2 aromatic carbocycles. The molecule has 0 radical (unpaired) electrons. The number of halogens is 2. The summed E-state index contributed by atoms with van der Waals surface area (Å²) >= 11 is 5.59. The molecular formula is C14H13ClFNO. The Morgan fingerprint density at radius 3 is 2.61 bits per heavy atom. The zero-order valence-corrected chi connectivity index (χ0v) is 10.5. The van der Waals surface area contributed by atoms with E-state index >= 15 is 0 Å². The first-order chi connectivity index (χ1) is 8.69. The average Bonchev–Trinajstić information content (AvgIpc) is 2.40. The predicted octanol–water partition coefficient (Wildman–Crippen LogP) is 3.52. The molecule has 0 unspecified atom stereocenters. The van der Waals surface area contributed by atoms with Crippen LogP contribution in [0.5, 0.6) is 5.75 Å². The van der Waals surface area contributed by atoms with Crippen LogP contribution in [0.25, 0.3) is 0 Å². The van der Waals surface area contributed by atoms with Gasteiger partial charge in [0.2, 0.25) is 0 Å². The van der Waals surface area contributed by atoms with Crippen molar-refractivity contribution in [2.45, 2.75) is 13.2 Å². The molecule has 0 amide bonds. The van der Waals surface area contributed by atoms with Gasteiger partial charge in [-0.05, 0) is 23.3 Å². The van der Waals surface area contributed by atoms with Crippen LogP contribution in [0, 0.1) is 5.82 Å². The number of hydrogen-bond donors (Lipinski definition) is 1. The molecule has 2 aromatic rings.